The predicted molar refractivity (Wildman–Crippen MR) is 64.1 cm³/mol. The highest BCUT2D eigenvalue weighted by Gasteiger charge is 2.43. The molecule has 4 heteroatoms. The number of amides is 1. The molecule has 1 fully saturated rings. The third kappa shape index (κ3) is 4.10. The minimum Gasteiger partial charge on any atom is -0.380 e. The molecule has 1 atom stereocenters. The van der Waals surface area contributed by atoms with Gasteiger partial charge in [-0.1, -0.05) is 13.3 Å². The van der Waals surface area contributed by atoms with Crippen LogP contribution >= 0.6 is 0 Å². The van der Waals surface area contributed by atoms with Crippen LogP contribution in [0.1, 0.15) is 39.5 Å². The number of rotatable bonds is 8. The van der Waals surface area contributed by atoms with Crippen molar-refractivity contribution >= 4 is 5.91 Å². The summed E-state index contributed by atoms with van der Waals surface area (Å²) in [6.45, 7) is 5.85. The van der Waals surface area contributed by atoms with Gasteiger partial charge in [-0.3, -0.25) is 4.79 Å². The van der Waals surface area contributed by atoms with Gasteiger partial charge in [-0.25, -0.2) is 0 Å². The van der Waals surface area contributed by atoms with Crippen molar-refractivity contribution in [1.29, 1.82) is 0 Å². The van der Waals surface area contributed by atoms with Gasteiger partial charge in [0.25, 0.3) is 0 Å². The summed E-state index contributed by atoms with van der Waals surface area (Å²) in [6, 6.07) is 0. The van der Waals surface area contributed by atoms with Gasteiger partial charge in [0.15, 0.2) is 0 Å². The van der Waals surface area contributed by atoms with Crippen LogP contribution in [0.4, 0.5) is 0 Å². The molecule has 1 aliphatic rings. The van der Waals surface area contributed by atoms with Gasteiger partial charge in [-0.2, -0.15) is 0 Å². The smallest absolute Gasteiger partial charge is 0.240 e. The topological polar surface area (TPSA) is 64.3 Å². The average molecular weight is 228 g/mol. The molecule has 0 aliphatic heterocycles. The molecule has 1 aliphatic carbocycles. The molecule has 16 heavy (non-hydrogen) atoms. The second-order valence-corrected chi connectivity index (χ2v) is 4.78. The Kier molecular flexibility index (Phi) is 5.22. The van der Waals surface area contributed by atoms with E-state index in [-0.39, 0.29) is 5.91 Å². The van der Waals surface area contributed by atoms with E-state index >= 15 is 0 Å². The highest BCUT2D eigenvalue weighted by molar-refractivity contribution is 5.86. The molecule has 1 saturated carbocycles. The molecule has 0 heterocycles. The van der Waals surface area contributed by atoms with E-state index in [0.717, 1.165) is 32.3 Å². The molecule has 0 aromatic carbocycles. The molecule has 0 aromatic heterocycles. The zero-order valence-electron chi connectivity index (χ0n) is 10.4. The molecule has 0 aromatic rings. The van der Waals surface area contributed by atoms with E-state index in [9.17, 15) is 4.79 Å². The van der Waals surface area contributed by atoms with Crippen molar-refractivity contribution in [3.63, 3.8) is 0 Å². The molecule has 1 unspecified atom stereocenters. The molecule has 0 radical (unpaired) electrons. The van der Waals surface area contributed by atoms with Crippen LogP contribution in [0.3, 0.4) is 0 Å². The second-order valence-electron chi connectivity index (χ2n) is 4.78. The highest BCUT2D eigenvalue weighted by atomic mass is 16.5. The summed E-state index contributed by atoms with van der Waals surface area (Å²) in [5, 5.41) is 2.83. The lowest BCUT2D eigenvalue weighted by Gasteiger charge is -2.23. The molecule has 0 saturated heterocycles. The van der Waals surface area contributed by atoms with Crippen LogP contribution in [-0.4, -0.2) is 31.2 Å². The van der Waals surface area contributed by atoms with Crippen LogP contribution in [0.2, 0.25) is 0 Å². The maximum atomic E-state index is 11.7. The lowest BCUT2D eigenvalue weighted by molar-refractivity contribution is -0.126. The number of carbonyl (C=O) groups excluding carboxylic acids is 1. The highest BCUT2D eigenvalue weighted by Crippen LogP contribution is 2.37. The van der Waals surface area contributed by atoms with E-state index in [1.165, 1.54) is 0 Å². The number of unbranched alkanes of at least 4 members (excludes halogenated alkanes) is 1. The SMILES string of the molecule is CCCCOCCNC(=O)C(C)(N)C1CC1. The van der Waals surface area contributed by atoms with Gasteiger partial charge >= 0.3 is 0 Å². The largest absolute Gasteiger partial charge is 0.380 e. The van der Waals surface area contributed by atoms with E-state index < -0.39 is 5.54 Å². The zero-order chi connectivity index (χ0) is 12.0. The number of hydrogen-bond acceptors (Lipinski definition) is 3. The minimum absolute atomic E-state index is 0.0471. The lowest BCUT2D eigenvalue weighted by atomic mass is 9.96. The summed E-state index contributed by atoms with van der Waals surface area (Å²) in [7, 11) is 0. The molecular formula is C12H24N2O2. The van der Waals surface area contributed by atoms with Gasteiger partial charge in [0.05, 0.1) is 12.1 Å². The normalized spacial score (nSPS) is 19.2. The van der Waals surface area contributed by atoms with Crippen LogP contribution in [-0.2, 0) is 9.53 Å². The van der Waals surface area contributed by atoms with Gasteiger partial charge in [0, 0.05) is 13.2 Å². The van der Waals surface area contributed by atoms with Gasteiger partial charge in [0.2, 0.25) is 5.91 Å². The lowest BCUT2D eigenvalue weighted by Crippen LogP contribution is -2.53. The van der Waals surface area contributed by atoms with E-state index in [2.05, 4.69) is 12.2 Å². The van der Waals surface area contributed by atoms with Crippen molar-refractivity contribution in [2.45, 2.75) is 45.1 Å². The first kappa shape index (κ1) is 13.5. The molecule has 4 nitrogen and oxygen atoms in total. The Morgan fingerprint density at radius 1 is 1.50 bits per heavy atom. The molecule has 1 rings (SSSR count). The fourth-order valence-electron chi connectivity index (χ4n) is 1.64. The third-order valence-electron chi connectivity index (χ3n) is 3.09. The Balaban J connectivity index is 2.06. The molecule has 0 bridgehead atoms. The molecule has 94 valence electrons. The fraction of sp³-hybridized carbons (Fsp3) is 0.917. The standard InChI is InChI=1S/C12H24N2O2/c1-3-4-8-16-9-7-14-11(15)12(2,13)10-5-6-10/h10H,3-9,13H2,1-2H3,(H,14,15). The third-order valence-corrected chi connectivity index (χ3v) is 3.09. The second kappa shape index (κ2) is 6.21. The molecular weight excluding hydrogens is 204 g/mol. The van der Waals surface area contributed by atoms with Gasteiger partial charge in [-0.05, 0) is 32.1 Å². The number of nitrogens with one attached hydrogen (secondary N) is 1. The number of hydrogen-bond donors (Lipinski definition) is 2. The Hall–Kier alpha value is -0.610. The van der Waals surface area contributed by atoms with Crippen LogP contribution in [0.15, 0.2) is 0 Å². The first-order valence-corrected chi connectivity index (χ1v) is 6.24. The molecule has 3 N–H and O–H groups in total. The van der Waals surface area contributed by atoms with E-state index in [0.29, 0.717) is 19.1 Å². The van der Waals surface area contributed by atoms with Gasteiger partial charge in [0.1, 0.15) is 0 Å². The van der Waals surface area contributed by atoms with E-state index in [1.807, 2.05) is 6.92 Å². The Morgan fingerprint density at radius 3 is 2.75 bits per heavy atom. The van der Waals surface area contributed by atoms with Crippen molar-refractivity contribution < 1.29 is 9.53 Å². The summed E-state index contributed by atoms with van der Waals surface area (Å²) in [4.78, 5) is 11.7. The Morgan fingerprint density at radius 2 is 2.19 bits per heavy atom. The van der Waals surface area contributed by atoms with Crippen molar-refractivity contribution in [3.8, 4) is 0 Å². The van der Waals surface area contributed by atoms with Gasteiger partial charge < -0.3 is 15.8 Å². The summed E-state index contributed by atoms with van der Waals surface area (Å²) < 4.78 is 5.36. The average Bonchev–Trinajstić information content (AvgIpc) is 3.06. The summed E-state index contributed by atoms with van der Waals surface area (Å²) in [5.41, 5.74) is 5.28. The van der Waals surface area contributed by atoms with Gasteiger partial charge in [-0.15, -0.1) is 0 Å². The number of ether oxygens (including phenoxy) is 1. The van der Waals surface area contributed by atoms with Crippen LogP contribution in [0, 0.1) is 5.92 Å². The first-order valence-electron chi connectivity index (χ1n) is 6.24. The summed E-state index contributed by atoms with van der Waals surface area (Å²) >= 11 is 0. The number of carbonyl (C=O) groups is 1. The quantitative estimate of drug-likeness (QED) is 0.610. The maximum absolute atomic E-state index is 11.7. The fourth-order valence-corrected chi connectivity index (χ4v) is 1.64. The van der Waals surface area contributed by atoms with Crippen molar-refractivity contribution in [2.24, 2.45) is 11.7 Å². The summed E-state index contributed by atoms with van der Waals surface area (Å²) in [6.07, 6.45) is 4.36. The van der Waals surface area contributed by atoms with Crippen LogP contribution < -0.4 is 11.1 Å². The summed E-state index contributed by atoms with van der Waals surface area (Å²) in [5.74, 6) is 0.322. The van der Waals surface area contributed by atoms with E-state index in [1.54, 1.807) is 0 Å². The Labute approximate surface area is 97.9 Å². The predicted octanol–water partition coefficient (Wildman–Crippen LogP) is 1.05. The minimum atomic E-state index is -0.691. The van der Waals surface area contributed by atoms with E-state index in [4.69, 9.17) is 10.5 Å². The maximum Gasteiger partial charge on any atom is 0.240 e. The number of nitrogens with two attached hydrogens (primary N) is 1. The molecule has 0 spiro atoms. The zero-order valence-corrected chi connectivity index (χ0v) is 10.4. The van der Waals surface area contributed by atoms with Crippen molar-refractivity contribution in [2.75, 3.05) is 19.8 Å². The van der Waals surface area contributed by atoms with Crippen LogP contribution in [0.5, 0.6) is 0 Å². The van der Waals surface area contributed by atoms with Crippen LogP contribution in [0.25, 0.3) is 0 Å². The van der Waals surface area contributed by atoms with Crippen molar-refractivity contribution in [3.05, 3.63) is 0 Å². The Bertz CT molecular complexity index is 225. The molecule has 1 amide bonds. The van der Waals surface area contributed by atoms with Crippen molar-refractivity contribution in [1.82, 2.24) is 5.32 Å². The first-order chi connectivity index (χ1) is 7.59. The monoisotopic (exact) mass is 228 g/mol.